The number of carboxylic acids is 1. The lowest BCUT2D eigenvalue weighted by atomic mass is 10.2. The second kappa shape index (κ2) is 6.68. The van der Waals surface area contributed by atoms with Crippen molar-refractivity contribution in [1.82, 2.24) is 15.0 Å². The largest absolute Gasteiger partial charge is 0.497 e. The van der Waals surface area contributed by atoms with Crippen molar-refractivity contribution in [2.24, 2.45) is 0 Å². The lowest BCUT2D eigenvalue weighted by molar-refractivity contribution is 0.0690. The third kappa shape index (κ3) is 3.28. The number of hydrogen-bond donors (Lipinski definition) is 1. The Bertz CT molecular complexity index is 690. The first-order valence-electron chi connectivity index (χ1n) is 7.79. The summed E-state index contributed by atoms with van der Waals surface area (Å²) < 4.78 is 5.20. The quantitative estimate of drug-likeness (QED) is 0.932. The highest BCUT2D eigenvalue weighted by molar-refractivity contribution is 5.91. The van der Waals surface area contributed by atoms with Gasteiger partial charge in [-0.05, 0) is 25.0 Å². The predicted molar refractivity (Wildman–Crippen MR) is 85.6 cm³/mol. The fraction of sp³-hybridized carbons (Fsp3) is 0.438. The van der Waals surface area contributed by atoms with Crippen LogP contribution in [0.15, 0.2) is 24.3 Å². The number of carboxylic acid groups (broad SMARTS) is 1. The second-order valence-electron chi connectivity index (χ2n) is 5.57. The summed E-state index contributed by atoms with van der Waals surface area (Å²) in [7, 11) is 1.58. The standard InChI is InChI=1S/C16H20N4O3/c1-23-13-8-6-7-12(11-13)20-17-14(16(21)22)15(18-20)19-9-4-2-3-5-10-19/h6-8,11H,2-5,9-10H2,1H3,(H,21,22). The number of benzene rings is 1. The molecule has 23 heavy (non-hydrogen) atoms. The summed E-state index contributed by atoms with van der Waals surface area (Å²) >= 11 is 0. The molecular formula is C16H20N4O3. The number of nitrogens with zero attached hydrogens (tertiary/aromatic N) is 4. The molecule has 1 aliphatic rings. The summed E-state index contributed by atoms with van der Waals surface area (Å²) in [5.41, 5.74) is 0.669. The first-order valence-corrected chi connectivity index (χ1v) is 7.79. The number of methoxy groups -OCH3 is 1. The third-order valence-electron chi connectivity index (χ3n) is 3.99. The van der Waals surface area contributed by atoms with Crippen LogP contribution in [0.5, 0.6) is 5.75 Å². The normalized spacial score (nSPS) is 15.3. The van der Waals surface area contributed by atoms with Gasteiger partial charge in [0.1, 0.15) is 5.75 Å². The zero-order valence-electron chi connectivity index (χ0n) is 13.1. The van der Waals surface area contributed by atoms with Gasteiger partial charge in [0.05, 0.1) is 12.8 Å². The van der Waals surface area contributed by atoms with Crippen LogP contribution in [0.3, 0.4) is 0 Å². The Morgan fingerprint density at radius 3 is 2.57 bits per heavy atom. The highest BCUT2D eigenvalue weighted by Gasteiger charge is 2.24. The fourth-order valence-electron chi connectivity index (χ4n) is 2.78. The lowest BCUT2D eigenvalue weighted by Crippen LogP contribution is -2.26. The highest BCUT2D eigenvalue weighted by atomic mass is 16.5. The summed E-state index contributed by atoms with van der Waals surface area (Å²) in [6.45, 7) is 1.63. The summed E-state index contributed by atoms with van der Waals surface area (Å²) in [6.07, 6.45) is 4.43. The van der Waals surface area contributed by atoms with Crippen LogP contribution in [0, 0.1) is 0 Å². The molecule has 0 unspecified atom stereocenters. The SMILES string of the molecule is COc1cccc(-n2nc(C(=O)O)c(N3CCCCCC3)n2)c1. The van der Waals surface area contributed by atoms with Gasteiger partial charge in [0.15, 0.2) is 5.82 Å². The van der Waals surface area contributed by atoms with Crippen molar-refractivity contribution in [1.29, 1.82) is 0 Å². The smallest absolute Gasteiger partial charge is 0.360 e. The molecule has 3 rings (SSSR count). The second-order valence-corrected chi connectivity index (χ2v) is 5.57. The van der Waals surface area contributed by atoms with E-state index < -0.39 is 5.97 Å². The lowest BCUT2D eigenvalue weighted by Gasteiger charge is -2.19. The van der Waals surface area contributed by atoms with E-state index in [-0.39, 0.29) is 5.69 Å². The average molecular weight is 316 g/mol. The van der Waals surface area contributed by atoms with Crippen molar-refractivity contribution < 1.29 is 14.6 Å². The summed E-state index contributed by atoms with van der Waals surface area (Å²) in [5, 5.41) is 18.1. The molecule has 2 aromatic rings. The highest BCUT2D eigenvalue weighted by Crippen LogP contribution is 2.23. The minimum absolute atomic E-state index is 0.00489. The molecule has 1 fully saturated rings. The average Bonchev–Trinajstić information content (AvgIpc) is 2.84. The molecule has 1 N–H and O–H groups in total. The zero-order chi connectivity index (χ0) is 16.2. The monoisotopic (exact) mass is 316 g/mol. The van der Waals surface area contributed by atoms with E-state index in [0.29, 0.717) is 17.3 Å². The summed E-state index contributed by atoms with van der Waals surface area (Å²) in [6, 6.07) is 7.24. The van der Waals surface area contributed by atoms with Gasteiger partial charge in [-0.2, -0.15) is 0 Å². The first-order chi connectivity index (χ1) is 11.2. The van der Waals surface area contributed by atoms with Gasteiger partial charge in [-0.15, -0.1) is 15.0 Å². The van der Waals surface area contributed by atoms with Gasteiger partial charge in [-0.1, -0.05) is 18.9 Å². The minimum atomic E-state index is -1.06. The molecule has 0 radical (unpaired) electrons. The number of rotatable bonds is 4. The molecule has 1 saturated heterocycles. The van der Waals surface area contributed by atoms with Crippen LogP contribution in [0.1, 0.15) is 36.2 Å². The van der Waals surface area contributed by atoms with E-state index in [1.807, 2.05) is 23.1 Å². The van der Waals surface area contributed by atoms with E-state index in [2.05, 4.69) is 10.2 Å². The first kappa shape index (κ1) is 15.3. The van der Waals surface area contributed by atoms with Gasteiger partial charge in [-0.3, -0.25) is 0 Å². The molecule has 1 aromatic carbocycles. The molecular weight excluding hydrogens is 296 g/mol. The zero-order valence-corrected chi connectivity index (χ0v) is 13.1. The van der Waals surface area contributed by atoms with Crippen LogP contribution >= 0.6 is 0 Å². The molecule has 0 saturated carbocycles. The van der Waals surface area contributed by atoms with Gasteiger partial charge < -0.3 is 14.7 Å². The van der Waals surface area contributed by atoms with Crippen molar-refractivity contribution in [3.8, 4) is 11.4 Å². The van der Waals surface area contributed by atoms with Gasteiger partial charge in [0, 0.05) is 19.2 Å². The maximum absolute atomic E-state index is 11.6. The van der Waals surface area contributed by atoms with E-state index in [1.54, 1.807) is 13.2 Å². The molecule has 0 spiro atoms. The molecule has 2 heterocycles. The van der Waals surface area contributed by atoms with Crippen molar-refractivity contribution >= 4 is 11.8 Å². The van der Waals surface area contributed by atoms with Crippen molar-refractivity contribution in [2.75, 3.05) is 25.1 Å². The van der Waals surface area contributed by atoms with Gasteiger partial charge in [0.25, 0.3) is 0 Å². The van der Waals surface area contributed by atoms with E-state index in [9.17, 15) is 9.90 Å². The minimum Gasteiger partial charge on any atom is -0.497 e. The molecule has 1 aromatic heterocycles. The Kier molecular flexibility index (Phi) is 4.45. The molecule has 0 aliphatic carbocycles. The van der Waals surface area contributed by atoms with Crippen LogP contribution in [0.25, 0.3) is 5.69 Å². The number of aromatic carboxylic acids is 1. The predicted octanol–water partition coefficient (Wildman–Crippen LogP) is 2.35. The van der Waals surface area contributed by atoms with E-state index in [4.69, 9.17) is 4.74 Å². The van der Waals surface area contributed by atoms with Crippen molar-refractivity contribution in [3.63, 3.8) is 0 Å². The molecule has 1 aliphatic heterocycles. The molecule has 7 heteroatoms. The Balaban J connectivity index is 1.99. The molecule has 0 amide bonds. The van der Waals surface area contributed by atoms with Crippen molar-refractivity contribution in [2.45, 2.75) is 25.7 Å². The van der Waals surface area contributed by atoms with Crippen LogP contribution in [0.4, 0.5) is 5.82 Å². The Hall–Kier alpha value is -2.57. The van der Waals surface area contributed by atoms with Crippen LogP contribution in [-0.2, 0) is 0 Å². The molecule has 7 nitrogen and oxygen atoms in total. The number of ether oxygens (including phenoxy) is 1. The van der Waals surface area contributed by atoms with E-state index in [1.165, 1.54) is 17.6 Å². The van der Waals surface area contributed by atoms with Gasteiger partial charge in [-0.25, -0.2) is 4.79 Å². The van der Waals surface area contributed by atoms with Crippen LogP contribution in [-0.4, -0.2) is 46.3 Å². The Morgan fingerprint density at radius 1 is 1.17 bits per heavy atom. The molecule has 0 atom stereocenters. The van der Waals surface area contributed by atoms with Crippen molar-refractivity contribution in [3.05, 3.63) is 30.0 Å². The summed E-state index contributed by atoms with van der Waals surface area (Å²) in [5.74, 6) is 0.0635. The number of hydrogen-bond acceptors (Lipinski definition) is 5. The fourth-order valence-corrected chi connectivity index (χ4v) is 2.78. The van der Waals surface area contributed by atoms with Gasteiger partial charge >= 0.3 is 5.97 Å². The number of carbonyl (C=O) groups is 1. The van der Waals surface area contributed by atoms with Gasteiger partial charge in [0.2, 0.25) is 5.69 Å². The van der Waals surface area contributed by atoms with E-state index >= 15 is 0 Å². The number of anilines is 1. The summed E-state index contributed by atoms with van der Waals surface area (Å²) in [4.78, 5) is 14.9. The Labute approximate surface area is 134 Å². The Morgan fingerprint density at radius 2 is 1.91 bits per heavy atom. The van der Waals surface area contributed by atoms with Crippen LogP contribution < -0.4 is 9.64 Å². The molecule has 0 bridgehead atoms. The molecule has 122 valence electrons. The van der Waals surface area contributed by atoms with Crippen LogP contribution in [0.2, 0.25) is 0 Å². The topological polar surface area (TPSA) is 80.5 Å². The maximum Gasteiger partial charge on any atom is 0.360 e. The van der Waals surface area contributed by atoms with E-state index in [0.717, 1.165) is 25.9 Å². The number of aromatic nitrogens is 3. The third-order valence-corrected chi connectivity index (χ3v) is 3.99. The maximum atomic E-state index is 11.6.